The summed E-state index contributed by atoms with van der Waals surface area (Å²) in [7, 11) is 1.31. The third-order valence-corrected chi connectivity index (χ3v) is 3.99. The van der Waals surface area contributed by atoms with Crippen molar-refractivity contribution in [1.29, 1.82) is 0 Å². The van der Waals surface area contributed by atoms with Gasteiger partial charge in [-0.25, -0.2) is 4.79 Å². The molecule has 9 heteroatoms. The normalized spacial score (nSPS) is 9.90. The molecule has 0 spiro atoms. The zero-order valence-electron chi connectivity index (χ0n) is 11.4. The van der Waals surface area contributed by atoms with E-state index < -0.39 is 26.0 Å². The molecule has 0 aliphatic rings. The predicted molar refractivity (Wildman–Crippen MR) is 75.1 cm³/mol. The van der Waals surface area contributed by atoms with Gasteiger partial charge in [0.1, 0.15) is 0 Å². The summed E-state index contributed by atoms with van der Waals surface area (Å²) < 4.78 is 32.7. The molecule has 1 amide bonds. The molecular weight excluding hydrogens is 345 g/mol. The van der Waals surface area contributed by atoms with Gasteiger partial charge >= 0.3 is 94.1 Å². The third-order valence-electron chi connectivity index (χ3n) is 2.00. The van der Waals surface area contributed by atoms with E-state index in [9.17, 15) is 18.4 Å². The summed E-state index contributed by atoms with van der Waals surface area (Å²) in [6.45, 7) is 4.39. The second kappa shape index (κ2) is 8.31. The van der Waals surface area contributed by atoms with Gasteiger partial charge in [-0.05, 0) is 0 Å². The first kappa shape index (κ1) is 19.0. The van der Waals surface area contributed by atoms with Crippen LogP contribution in [-0.2, 0) is 18.1 Å². The van der Waals surface area contributed by atoms with Gasteiger partial charge in [-0.3, -0.25) is 0 Å². The van der Waals surface area contributed by atoms with Gasteiger partial charge in [-0.15, -0.1) is 0 Å². The van der Waals surface area contributed by atoms with Crippen LogP contribution in [0.1, 0.15) is 6.92 Å². The van der Waals surface area contributed by atoms with Gasteiger partial charge in [0.25, 0.3) is 0 Å². The summed E-state index contributed by atoms with van der Waals surface area (Å²) in [6.07, 6.45) is 1.11. The van der Waals surface area contributed by atoms with E-state index in [1.807, 2.05) is 0 Å². The maximum atomic E-state index is 10.9. The Morgan fingerprint density at radius 1 is 1.38 bits per heavy atom. The van der Waals surface area contributed by atoms with Crippen LogP contribution in [0.15, 0.2) is 30.9 Å². The van der Waals surface area contributed by atoms with Gasteiger partial charge in [0, 0.05) is 6.08 Å². The number of amides is 1. The number of anilines is 1. The fourth-order valence-corrected chi connectivity index (χ4v) is 2.27. The first-order valence-electron chi connectivity index (χ1n) is 5.49. The van der Waals surface area contributed by atoms with Crippen LogP contribution in [0.25, 0.3) is 0 Å². The Morgan fingerprint density at radius 3 is 2.29 bits per heavy atom. The number of benzene rings is 1. The van der Waals surface area contributed by atoms with E-state index in [0.717, 1.165) is 24.3 Å². The van der Waals surface area contributed by atoms with Gasteiger partial charge in [0.05, 0.1) is 7.11 Å². The van der Waals surface area contributed by atoms with Crippen molar-refractivity contribution in [3.63, 3.8) is 0 Å². The van der Waals surface area contributed by atoms with E-state index in [0.29, 0.717) is 0 Å². The molecule has 1 aromatic rings. The topological polar surface area (TPSA) is 133 Å². The second-order valence-corrected chi connectivity index (χ2v) is 7.02. The van der Waals surface area contributed by atoms with Crippen LogP contribution in [0.5, 0.6) is 5.75 Å². The van der Waals surface area contributed by atoms with Crippen molar-refractivity contribution in [2.24, 2.45) is 0 Å². The molecule has 8 nitrogen and oxygen atoms in total. The van der Waals surface area contributed by atoms with E-state index >= 15 is 0 Å². The molecule has 0 saturated carbocycles. The number of phenols is 1. The maximum absolute atomic E-state index is 10.9. The van der Waals surface area contributed by atoms with Crippen molar-refractivity contribution in [2.75, 3.05) is 12.4 Å². The Bertz CT molecular complexity index is 579. The number of esters is 1. The van der Waals surface area contributed by atoms with Crippen molar-refractivity contribution in [3.8, 4) is 5.75 Å². The van der Waals surface area contributed by atoms with Gasteiger partial charge in [0.15, 0.2) is 0 Å². The van der Waals surface area contributed by atoms with Gasteiger partial charge < -0.3 is 4.74 Å². The average Bonchev–Trinajstić information content (AvgIpc) is 2.39. The molecule has 0 aliphatic heterocycles. The van der Waals surface area contributed by atoms with Crippen molar-refractivity contribution < 1.29 is 31.4 Å². The van der Waals surface area contributed by atoms with E-state index in [2.05, 4.69) is 16.6 Å². The standard InChI is InChI=1S/C8H10AsNO5.C4H6O2/c1-5(11)10-7-4-6(9(13,14)15)2-3-8(7)12;1-3-4(5)6-2/h2-4,12H,1H3,(H,10,11)(H2,13,14,15);3H,1H2,2H3. The fraction of sp³-hybridized carbons (Fsp3) is 0.167. The Balaban J connectivity index is 0.000000567. The summed E-state index contributed by atoms with van der Waals surface area (Å²) in [5.74, 6) is -1.06. The Morgan fingerprint density at radius 2 is 1.95 bits per heavy atom. The molecule has 1 rings (SSSR count). The Hall–Kier alpha value is -2.02. The summed E-state index contributed by atoms with van der Waals surface area (Å²) in [6, 6.07) is 3.32. The molecule has 0 aromatic heterocycles. The van der Waals surface area contributed by atoms with E-state index in [-0.39, 0.29) is 15.8 Å². The summed E-state index contributed by atoms with van der Waals surface area (Å²) in [4.78, 5) is 20.6. The van der Waals surface area contributed by atoms with Crippen molar-refractivity contribution in [3.05, 3.63) is 30.9 Å². The molecule has 0 saturated heterocycles. The minimum absolute atomic E-state index is 0.00951. The van der Waals surface area contributed by atoms with Crippen LogP contribution in [-0.4, -0.2) is 46.5 Å². The second-order valence-electron chi connectivity index (χ2n) is 3.65. The molecule has 0 fully saturated rings. The zero-order chi connectivity index (χ0) is 16.6. The van der Waals surface area contributed by atoms with Crippen LogP contribution in [0.3, 0.4) is 0 Å². The van der Waals surface area contributed by atoms with Gasteiger partial charge in [-0.1, -0.05) is 6.58 Å². The minimum atomic E-state index is -4.98. The van der Waals surface area contributed by atoms with Crippen LogP contribution in [0.4, 0.5) is 5.69 Å². The molecular formula is C12H16AsNO7. The van der Waals surface area contributed by atoms with E-state index in [1.165, 1.54) is 14.0 Å². The number of ether oxygens (including phenoxy) is 1. The number of hydrogen-bond acceptors (Lipinski definition) is 5. The first-order chi connectivity index (χ1) is 9.61. The number of carbonyl (C=O) groups is 2. The zero-order valence-corrected chi connectivity index (χ0v) is 13.3. The molecule has 1 aromatic carbocycles. The molecule has 0 aliphatic carbocycles. The molecule has 0 bridgehead atoms. The van der Waals surface area contributed by atoms with E-state index in [1.54, 1.807) is 0 Å². The molecule has 21 heavy (non-hydrogen) atoms. The Kier molecular flexibility index (Phi) is 7.51. The number of phenolic OH excluding ortho intramolecular Hbond substituents is 1. The number of hydrogen-bond donors (Lipinski definition) is 4. The van der Waals surface area contributed by atoms with Crippen LogP contribution >= 0.6 is 0 Å². The van der Waals surface area contributed by atoms with Crippen LogP contribution < -0.4 is 9.67 Å². The number of aromatic hydroxyl groups is 1. The monoisotopic (exact) mass is 361 g/mol. The molecule has 0 unspecified atom stereocenters. The van der Waals surface area contributed by atoms with Crippen LogP contribution in [0.2, 0.25) is 0 Å². The number of nitrogens with one attached hydrogen (secondary N) is 1. The predicted octanol–water partition coefficient (Wildman–Crippen LogP) is -0.743. The van der Waals surface area contributed by atoms with Crippen molar-refractivity contribution in [2.45, 2.75) is 6.92 Å². The van der Waals surface area contributed by atoms with Gasteiger partial charge in [0.2, 0.25) is 0 Å². The van der Waals surface area contributed by atoms with Crippen molar-refractivity contribution >= 4 is 36.1 Å². The summed E-state index contributed by atoms with van der Waals surface area (Å²) in [5, 5.41) is 11.6. The third kappa shape index (κ3) is 7.36. The molecule has 0 atom stereocenters. The first-order valence-corrected chi connectivity index (χ1v) is 8.87. The molecule has 116 valence electrons. The molecule has 4 N–H and O–H groups in total. The summed E-state index contributed by atoms with van der Waals surface area (Å²) >= 11 is -4.98. The average molecular weight is 361 g/mol. The SMILES string of the molecule is C=CC(=O)OC.CC(=O)Nc1cc([As](=O)(O)O)ccc1O. The number of rotatable bonds is 3. The van der Waals surface area contributed by atoms with Crippen molar-refractivity contribution in [1.82, 2.24) is 0 Å². The number of carbonyl (C=O) groups excluding carboxylic acids is 2. The number of methoxy groups -OCH3 is 1. The quantitative estimate of drug-likeness (QED) is 0.241. The molecule has 0 radical (unpaired) electrons. The Labute approximate surface area is 124 Å². The van der Waals surface area contributed by atoms with Gasteiger partial charge in [-0.2, -0.15) is 0 Å². The molecule has 0 heterocycles. The summed E-state index contributed by atoms with van der Waals surface area (Å²) in [5.41, 5.74) is -0.00951. The van der Waals surface area contributed by atoms with Crippen LogP contribution in [0, 0.1) is 0 Å². The van der Waals surface area contributed by atoms with E-state index in [4.69, 9.17) is 8.19 Å². The fourth-order valence-electron chi connectivity index (χ4n) is 1.08.